The average molecular weight is 552 g/mol. The Morgan fingerprint density at radius 1 is 0.971 bits per heavy atom. The molecule has 184 valence electrons. The molecule has 1 saturated carbocycles. The molecule has 2 heterocycles. The van der Waals surface area contributed by atoms with Crippen LogP contribution in [0.5, 0.6) is 0 Å². The molecule has 1 saturated heterocycles. The van der Waals surface area contributed by atoms with Gasteiger partial charge >= 0.3 is 0 Å². The van der Waals surface area contributed by atoms with Crippen LogP contribution in [0.3, 0.4) is 0 Å². The molecule has 35 heavy (non-hydrogen) atoms. The van der Waals surface area contributed by atoms with Crippen molar-refractivity contribution in [1.29, 1.82) is 0 Å². The van der Waals surface area contributed by atoms with Crippen molar-refractivity contribution < 1.29 is 13.2 Å². The molecule has 0 bridgehead atoms. The maximum atomic E-state index is 12.9. The molecule has 2 aliphatic rings. The summed E-state index contributed by atoms with van der Waals surface area (Å²) in [4.78, 5) is 5.71. The molecule has 2 fully saturated rings. The van der Waals surface area contributed by atoms with E-state index in [-0.39, 0.29) is 4.90 Å². The zero-order valence-corrected chi connectivity index (χ0v) is 22.0. The number of ether oxygens (including phenoxy) is 1. The van der Waals surface area contributed by atoms with Gasteiger partial charge in [-0.05, 0) is 68.1 Å². The third kappa shape index (κ3) is 5.40. The zero-order valence-electron chi connectivity index (χ0n) is 18.9. The van der Waals surface area contributed by atoms with E-state index in [2.05, 4.69) is 0 Å². The van der Waals surface area contributed by atoms with Gasteiger partial charge in [-0.25, -0.2) is 18.1 Å². The summed E-state index contributed by atoms with van der Waals surface area (Å²) in [6.45, 7) is 1.54. The van der Waals surface area contributed by atoms with Crippen molar-refractivity contribution in [3.63, 3.8) is 0 Å². The summed E-state index contributed by atoms with van der Waals surface area (Å²) in [5.74, 6) is 0. The SMILES string of the molecule is O=S(=O)(c1ccc(N=c2scc(-c3ccc(Cl)cc3Cl)n2N=C2CCCC2)cc1)N1CCOCC1. The number of hydrogen-bond acceptors (Lipinski definition) is 6. The topological polar surface area (TPSA) is 76.3 Å². The Balaban J connectivity index is 1.53. The van der Waals surface area contributed by atoms with Crippen LogP contribution >= 0.6 is 34.5 Å². The van der Waals surface area contributed by atoms with Crippen molar-refractivity contribution in [1.82, 2.24) is 8.98 Å². The number of benzene rings is 2. The highest BCUT2D eigenvalue weighted by Gasteiger charge is 2.26. The van der Waals surface area contributed by atoms with Crippen LogP contribution in [0, 0.1) is 0 Å². The van der Waals surface area contributed by atoms with Crippen molar-refractivity contribution in [2.75, 3.05) is 26.3 Å². The third-order valence-electron chi connectivity index (χ3n) is 5.98. The molecule has 1 aromatic heterocycles. The number of thiazole rings is 1. The molecule has 0 amide bonds. The van der Waals surface area contributed by atoms with Crippen LogP contribution in [-0.2, 0) is 14.8 Å². The van der Waals surface area contributed by atoms with Gasteiger partial charge in [-0.1, -0.05) is 23.2 Å². The molecule has 0 N–H and O–H groups in total. The number of nitrogens with zero attached hydrogens (tertiary/aromatic N) is 4. The zero-order chi connectivity index (χ0) is 24.4. The Morgan fingerprint density at radius 3 is 2.37 bits per heavy atom. The highest BCUT2D eigenvalue weighted by atomic mass is 35.5. The van der Waals surface area contributed by atoms with Gasteiger partial charge in [-0.15, -0.1) is 11.3 Å². The highest BCUT2D eigenvalue weighted by Crippen LogP contribution is 2.31. The predicted molar refractivity (Wildman–Crippen MR) is 140 cm³/mol. The van der Waals surface area contributed by atoms with Crippen molar-refractivity contribution in [3.05, 3.63) is 62.7 Å². The molecule has 11 heteroatoms. The molecule has 1 aliphatic heterocycles. The lowest BCUT2D eigenvalue weighted by molar-refractivity contribution is 0.0730. The van der Waals surface area contributed by atoms with Crippen molar-refractivity contribution in [3.8, 4) is 11.3 Å². The van der Waals surface area contributed by atoms with Gasteiger partial charge in [0.25, 0.3) is 0 Å². The first kappa shape index (κ1) is 24.7. The lowest BCUT2D eigenvalue weighted by Crippen LogP contribution is -2.40. The molecule has 0 spiro atoms. The van der Waals surface area contributed by atoms with Crippen LogP contribution in [0.25, 0.3) is 11.3 Å². The van der Waals surface area contributed by atoms with Gasteiger partial charge < -0.3 is 4.74 Å². The summed E-state index contributed by atoms with van der Waals surface area (Å²) in [7, 11) is -3.55. The smallest absolute Gasteiger partial charge is 0.243 e. The van der Waals surface area contributed by atoms with Crippen LogP contribution in [0.4, 0.5) is 5.69 Å². The van der Waals surface area contributed by atoms with Gasteiger partial charge in [0.1, 0.15) is 0 Å². The Bertz CT molecular complexity index is 1420. The summed E-state index contributed by atoms with van der Waals surface area (Å²) < 4.78 is 34.4. The average Bonchev–Trinajstić information content (AvgIpc) is 3.51. The number of halogens is 2. The Kier molecular flexibility index (Phi) is 7.43. The van der Waals surface area contributed by atoms with Crippen LogP contribution in [0.1, 0.15) is 25.7 Å². The van der Waals surface area contributed by atoms with E-state index in [1.54, 1.807) is 36.4 Å². The summed E-state index contributed by atoms with van der Waals surface area (Å²) in [5, 5.41) is 8.00. The molecule has 0 atom stereocenters. The number of aromatic nitrogens is 1. The fourth-order valence-corrected chi connectivity index (χ4v) is 6.87. The largest absolute Gasteiger partial charge is 0.379 e. The second-order valence-corrected chi connectivity index (χ2v) is 12.0. The summed E-state index contributed by atoms with van der Waals surface area (Å²) >= 11 is 14.1. The molecule has 7 nitrogen and oxygen atoms in total. The van der Waals surface area contributed by atoms with Crippen LogP contribution in [0.15, 0.2) is 62.8 Å². The van der Waals surface area contributed by atoms with Gasteiger partial charge in [-0.2, -0.15) is 9.41 Å². The van der Waals surface area contributed by atoms with Crippen LogP contribution < -0.4 is 4.80 Å². The first-order valence-corrected chi connectivity index (χ1v) is 14.4. The molecule has 0 radical (unpaired) electrons. The fraction of sp³-hybridized carbons (Fsp3) is 0.333. The maximum absolute atomic E-state index is 12.9. The summed E-state index contributed by atoms with van der Waals surface area (Å²) in [6, 6.07) is 12.0. The van der Waals surface area contributed by atoms with E-state index in [9.17, 15) is 8.42 Å². The Labute approximate surface area is 218 Å². The van der Waals surface area contributed by atoms with E-state index in [0.717, 1.165) is 42.7 Å². The first-order chi connectivity index (χ1) is 16.9. The molecule has 5 rings (SSSR count). The van der Waals surface area contributed by atoms with Crippen molar-refractivity contribution >= 4 is 56.0 Å². The van der Waals surface area contributed by atoms with Crippen molar-refractivity contribution in [2.24, 2.45) is 10.1 Å². The standard InChI is InChI=1S/C24H24Cl2N4O3S2/c25-17-5-10-21(22(26)15-17)23-16-34-24(30(23)28-19-3-1-2-4-19)27-18-6-8-20(9-7-18)35(31,32)29-11-13-33-14-12-29/h5-10,15-16H,1-4,11-14H2. The monoisotopic (exact) mass is 550 g/mol. The molecular formula is C24H24Cl2N4O3S2. The normalized spacial score (nSPS) is 17.8. The van der Waals surface area contributed by atoms with Gasteiger partial charge in [-0.3, -0.25) is 0 Å². The summed E-state index contributed by atoms with van der Waals surface area (Å²) in [5.41, 5.74) is 3.43. The molecule has 3 aromatic rings. The van der Waals surface area contributed by atoms with Crippen molar-refractivity contribution in [2.45, 2.75) is 30.6 Å². The number of hydrogen-bond donors (Lipinski definition) is 0. The van der Waals surface area contributed by atoms with E-state index < -0.39 is 10.0 Å². The quantitative estimate of drug-likeness (QED) is 0.417. The number of morpholine rings is 1. The van der Waals surface area contributed by atoms with Gasteiger partial charge in [0.2, 0.25) is 14.8 Å². The number of sulfonamides is 1. The fourth-order valence-electron chi connectivity index (χ4n) is 4.12. The minimum absolute atomic E-state index is 0.247. The minimum atomic E-state index is -3.55. The van der Waals surface area contributed by atoms with Gasteiger partial charge in [0, 0.05) is 34.8 Å². The van der Waals surface area contributed by atoms with Crippen LogP contribution in [-0.4, -0.2) is 49.4 Å². The molecule has 1 aliphatic carbocycles. The Morgan fingerprint density at radius 2 is 1.69 bits per heavy atom. The lowest BCUT2D eigenvalue weighted by atomic mass is 10.2. The van der Waals surface area contributed by atoms with Gasteiger partial charge in [0.15, 0.2) is 0 Å². The van der Waals surface area contributed by atoms with E-state index >= 15 is 0 Å². The summed E-state index contributed by atoms with van der Waals surface area (Å²) in [6.07, 6.45) is 4.19. The predicted octanol–water partition coefficient (Wildman–Crippen LogP) is 5.55. The third-order valence-corrected chi connectivity index (χ3v) is 9.26. The lowest BCUT2D eigenvalue weighted by Gasteiger charge is -2.26. The van der Waals surface area contributed by atoms with E-state index in [0.29, 0.717) is 46.8 Å². The van der Waals surface area contributed by atoms with Crippen LogP contribution in [0.2, 0.25) is 10.0 Å². The molecular weight excluding hydrogens is 527 g/mol. The first-order valence-electron chi connectivity index (χ1n) is 11.4. The van der Waals surface area contributed by atoms with E-state index in [1.165, 1.54) is 15.6 Å². The number of rotatable bonds is 5. The second kappa shape index (κ2) is 10.5. The highest BCUT2D eigenvalue weighted by molar-refractivity contribution is 7.89. The second-order valence-electron chi connectivity index (χ2n) is 8.33. The molecule has 2 aromatic carbocycles. The van der Waals surface area contributed by atoms with E-state index in [4.69, 9.17) is 38.0 Å². The maximum Gasteiger partial charge on any atom is 0.243 e. The molecule has 0 unspecified atom stereocenters. The van der Waals surface area contributed by atoms with E-state index in [1.807, 2.05) is 16.1 Å². The Hall–Kier alpha value is -2.01. The minimum Gasteiger partial charge on any atom is -0.379 e. The van der Waals surface area contributed by atoms with Gasteiger partial charge in [0.05, 0.1) is 34.5 Å².